The fourth-order valence-electron chi connectivity index (χ4n) is 3.72. The predicted octanol–water partition coefficient (Wildman–Crippen LogP) is 0.531. The third-order valence-corrected chi connectivity index (χ3v) is 5.19. The van der Waals surface area contributed by atoms with Crippen LogP contribution in [0.4, 0.5) is 0 Å². The van der Waals surface area contributed by atoms with Crippen molar-refractivity contribution in [2.45, 2.75) is 12.1 Å². The van der Waals surface area contributed by atoms with Crippen molar-refractivity contribution in [3.63, 3.8) is 0 Å². The Morgan fingerprint density at radius 1 is 1.20 bits per heavy atom. The lowest BCUT2D eigenvalue weighted by Gasteiger charge is -2.18. The summed E-state index contributed by atoms with van der Waals surface area (Å²) in [7, 11) is 0. The van der Waals surface area contributed by atoms with E-state index >= 15 is 0 Å². The predicted molar refractivity (Wildman–Crippen MR) is 110 cm³/mol. The Morgan fingerprint density at radius 2 is 2.03 bits per heavy atom. The maximum absolute atomic E-state index is 13.0. The Bertz CT molecular complexity index is 1100. The number of carbonyl (C=O) groups is 2. The molecular formula is C21H23N5O4. The van der Waals surface area contributed by atoms with Gasteiger partial charge in [-0.3, -0.25) is 9.59 Å². The van der Waals surface area contributed by atoms with Gasteiger partial charge in [-0.1, -0.05) is 6.07 Å². The van der Waals surface area contributed by atoms with Gasteiger partial charge in [0, 0.05) is 36.8 Å². The first kappa shape index (κ1) is 19.9. The molecule has 1 aliphatic heterocycles. The molecule has 4 rings (SSSR count). The molecule has 0 unspecified atom stereocenters. The monoisotopic (exact) mass is 409 g/mol. The summed E-state index contributed by atoms with van der Waals surface area (Å²) in [5.41, 5.74) is 12.0. The molecule has 3 heterocycles. The quantitative estimate of drug-likeness (QED) is 0.543. The second-order valence-electron chi connectivity index (χ2n) is 7.21. The molecule has 3 aromatic rings. The number of primary amides is 1. The van der Waals surface area contributed by atoms with E-state index in [1.165, 1.54) is 0 Å². The molecule has 1 aliphatic rings. The summed E-state index contributed by atoms with van der Waals surface area (Å²) in [4.78, 5) is 30.4. The van der Waals surface area contributed by atoms with E-state index in [1.54, 1.807) is 52.1 Å². The van der Waals surface area contributed by atoms with Crippen LogP contribution in [0.1, 0.15) is 26.9 Å². The molecular weight excluding hydrogens is 386 g/mol. The highest BCUT2D eigenvalue weighted by molar-refractivity contribution is 5.95. The summed E-state index contributed by atoms with van der Waals surface area (Å²) in [6, 6.07) is 11.7. The van der Waals surface area contributed by atoms with Gasteiger partial charge in [-0.05, 0) is 36.4 Å². The van der Waals surface area contributed by atoms with Crippen molar-refractivity contribution in [3.05, 3.63) is 59.9 Å². The number of pyridine rings is 1. The number of carbonyl (C=O) groups excluding carboxylic acids is 2. The van der Waals surface area contributed by atoms with Gasteiger partial charge < -0.3 is 30.8 Å². The van der Waals surface area contributed by atoms with Crippen LogP contribution in [0.15, 0.2) is 48.7 Å². The molecule has 9 nitrogen and oxygen atoms in total. The SMILES string of the molecule is NCCOc1cccc(C(=O)N2C[C@@H](O)[C@H](n3ccc4ccc(C(N)=O)nc43)C2)c1. The highest BCUT2D eigenvalue weighted by Crippen LogP contribution is 2.28. The number of aliphatic hydroxyl groups excluding tert-OH is 1. The minimum atomic E-state index is -0.778. The number of ether oxygens (including phenoxy) is 1. The number of amides is 2. The van der Waals surface area contributed by atoms with Gasteiger partial charge >= 0.3 is 0 Å². The third kappa shape index (κ3) is 3.72. The van der Waals surface area contributed by atoms with Crippen LogP contribution in [0.25, 0.3) is 11.0 Å². The molecule has 2 atom stereocenters. The van der Waals surface area contributed by atoms with Crippen LogP contribution >= 0.6 is 0 Å². The van der Waals surface area contributed by atoms with Crippen LogP contribution < -0.4 is 16.2 Å². The number of hydrogen-bond donors (Lipinski definition) is 3. The molecule has 1 saturated heterocycles. The Labute approximate surface area is 172 Å². The average Bonchev–Trinajstić information content (AvgIpc) is 3.34. The number of hydrogen-bond acceptors (Lipinski definition) is 6. The Kier molecular flexibility index (Phi) is 5.39. The van der Waals surface area contributed by atoms with Crippen LogP contribution in [0.2, 0.25) is 0 Å². The first-order chi connectivity index (χ1) is 14.5. The molecule has 0 aliphatic carbocycles. The molecule has 0 saturated carbocycles. The lowest BCUT2D eigenvalue weighted by Crippen LogP contribution is -2.29. The van der Waals surface area contributed by atoms with Crippen molar-refractivity contribution < 1.29 is 19.4 Å². The number of β-amino-alcohol motifs (C(OH)–C–C–N with tert-alkyl or cyclic N) is 1. The molecule has 9 heteroatoms. The number of rotatable bonds is 6. The molecule has 0 bridgehead atoms. The molecule has 5 N–H and O–H groups in total. The fraction of sp³-hybridized carbons (Fsp3) is 0.286. The molecule has 0 radical (unpaired) electrons. The van der Waals surface area contributed by atoms with E-state index < -0.39 is 18.1 Å². The number of benzene rings is 1. The van der Waals surface area contributed by atoms with Crippen molar-refractivity contribution >= 4 is 22.8 Å². The molecule has 1 fully saturated rings. The maximum Gasteiger partial charge on any atom is 0.267 e. The smallest absolute Gasteiger partial charge is 0.267 e. The molecule has 156 valence electrons. The second-order valence-corrected chi connectivity index (χ2v) is 7.21. The molecule has 2 aromatic heterocycles. The van der Waals surface area contributed by atoms with Gasteiger partial charge in [0.1, 0.15) is 23.7 Å². The van der Waals surface area contributed by atoms with E-state index in [-0.39, 0.29) is 18.1 Å². The number of likely N-dealkylation sites (tertiary alicyclic amines) is 1. The van der Waals surface area contributed by atoms with Crippen LogP contribution in [0, 0.1) is 0 Å². The summed E-state index contributed by atoms with van der Waals surface area (Å²) < 4.78 is 7.29. The highest BCUT2D eigenvalue weighted by Gasteiger charge is 2.36. The largest absolute Gasteiger partial charge is 0.492 e. The van der Waals surface area contributed by atoms with E-state index in [2.05, 4.69) is 4.98 Å². The lowest BCUT2D eigenvalue weighted by molar-refractivity contribution is 0.0764. The molecule has 2 amide bonds. The first-order valence-electron chi connectivity index (χ1n) is 9.65. The lowest BCUT2D eigenvalue weighted by atomic mass is 10.2. The zero-order valence-electron chi connectivity index (χ0n) is 16.3. The van der Waals surface area contributed by atoms with Gasteiger partial charge in [-0.2, -0.15) is 0 Å². The Hall–Kier alpha value is -3.43. The van der Waals surface area contributed by atoms with Gasteiger partial charge in [0.25, 0.3) is 11.8 Å². The Morgan fingerprint density at radius 3 is 2.80 bits per heavy atom. The summed E-state index contributed by atoms with van der Waals surface area (Å²) in [6.45, 7) is 1.24. The third-order valence-electron chi connectivity index (χ3n) is 5.19. The van der Waals surface area contributed by atoms with Gasteiger partial charge in [-0.15, -0.1) is 0 Å². The van der Waals surface area contributed by atoms with Crippen molar-refractivity contribution in [1.82, 2.24) is 14.5 Å². The summed E-state index contributed by atoms with van der Waals surface area (Å²) in [5.74, 6) is -0.246. The summed E-state index contributed by atoms with van der Waals surface area (Å²) >= 11 is 0. The maximum atomic E-state index is 13.0. The fourth-order valence-corrected chi connectivity index (χ4v) is 3.72. The zero-order chi connectivity index (χ0) is 21.3. The number of aliphatic hydroxyl groups is 1. The van der Waals surface area contributed by atoms with Gasteiger partial charge in [-0.25, -0.2) is 4.98 Å². The van der Waals surface area contributed by atoms with E-state index in [0.29, 0.717) is 36.7 Å². The first-order valence-corrected chi connectivity index (χ1v) is 9.65. The second kappa shape index (κ2) is 8.13. The zero-order valence-corrected chi connectivity index (χ0v) is 16.3. The summed E-state index contributed by atoms with van der Waals surface area (Å²) in [5, 5.41) is 11.5. The van der Waals surface area contributed by atoms with Crippen molar-refractivity contribution in [1.29, 1.82) is 0 Å². The van der Waals surface area contributed by atoms with Gasteiger partial charge in [0.05, 0.1) is 12.1 Å². The highest BCUT2D eigenvalue weighted by atomic mass is 16.5. The van der Waals surface area contributed by atoms with E-state index in [0.717, 1.165) is 5.39 Å². The molecule has 1 aromatic carbocycles. The minimum Gasteiger partial charge on any atom is -0.492 e. The Balaban J connectivity index is 1.57. The van der Waals surface area contributed by atoms with Crippen LogP contribution in [0.5, 0.6) is 5.75 Å². The van der Waals surface area contributed by atoms with Gasteiger partial charge in [0.2, 0.25) is 0 Å². The average molecular weight is 409 g/mol. The van der Waals surface area contributed by atoms with Crippen molar-refractivity contribution in [3.8, 4) is 5.75 Å². The number of nitrogens with two attached hydrogens (primary N) is 2. The minimum absolute atomic E-state index is 0.150. The topological polar surface area (TPSA) is 137 Å². The van der Waals surface area contributed by atoms with Crippen LogP contribution in [0.3, 0.4) is 0 Å². The van der Waals surface area contributed by atoms with Crippen LogP contribution in [-0.4, -0.2) is 63.7 Å². The van der Waals surface area contributed by atoms with Crippen LogP contribution in [-0.2, 0) is 0 Å². The standard InChI is InChI=1S/C21H23N5O4/c22-7-9-30-15-3-1-2-14(10-15)21(29)25-11-17(18(27)12-25)26-8-6-13-4-5-16(19(23)28)24-20(13)26/h1-6,8,10,17-18,27H,7,9,11-12,22H2,(H2,23,28)/t17-,18-/m1/s1. The van der Waals surface area contributed by atoms with Crippen molar-refractivity contribution in [2.75, 3.05) is 26.2 Å². The number of fused-ring (bicyclic) bond motifs is 1. The number of nitrogens with zero attached hydrogens (tertiary/aromatic N) is 3. The van der Waals surface area contributed by atoms with E-state index in [9.17, 15) is 14.7 Å². The van der Waals surface area contributed by atoms with E-state index in [1.807, 2.05) is 6.07 Å². The van der Waals surface area contributed by atoms with E-state index in [4.69, 9.17) is 16.2 Å². The van der Waals surface area contributed by atoms with Gasteiger partial charge in [0.15, 0.2) is 0 Å². The van der Waals surface area contributed by atoms with Crippen molar-refractivity contribution in [2.24, 2.45) is 11.5 Å². The molecule has 0 spiro atoms. The molecule has 30 heavy (non-hydrogen) atoms. The summed E-state index contributed by atoms with van der Waals surface area (Å²) in [6.07, 6.45) is 1.02. The normalized spacial score (nSPS) is 18.7. The number of aromatic nitrogens is 2.